The van der Waals surface area contributed by atoms with Gasteiger partial charge in [0.15, 0.2) is 0 Å². The Kier molecular flexibility index (Phi) is 4.29. The number of hydrogen-bond acceptors (Lipinski definition) is 3. The summed E-state index contributed by atoms with van der Waals surface area (Å²) in [7, 11) is -2.03. The standard InChI is InChI=1S/C11H11BrClN3O2S/c1-16(7-8-5-14-15-6-8)19(17,18)9-2-3-11(13)10(12)4-9/h2-6H,7H2,1H3,(H,14,15). The molecule has 8 heteroatoms. The maximum atomic E-state index is 12.4. The zero-order valence-electron chi connectivity index (χ0n) is 9.97. The lowest BCUT2D eigenvalue weighted by Gasteiger charge is -2.16. The molecular formula is C11H11BrClN3O2S. The highest BCUT2D eigenvalue weighted by Gasteiger charge is 2.21. The summed E-state index contributed by atoms with van der Waals surface area (Å²) in [5.41, 5.74) is 0.791. The summed E-state index contributed by atoms with van der Waals surface area (Å²) in [5.74, 6) is 0. The van der Waals surface area contributed by atoms with E-state index in [9.17, 15) is 8.42 Å². The Morgan fingerprint density at radius 2 is 2.21 bits per heavy atom. The second-order valence-corrected chi connectivity index (χ2v) is 7.25. The second-order valence-electron chi connectivity index (χ2n) is 3.94. The first kappa shape index (κ1) is 14.5. The van der Waals surface area contributed by atoms with Crippen molar-refractivity contribution in [3.05, 3.63) is 45.7 Å². The fraction of sp³-hybridized carbons (Fsp3) is 0.182. The van der Waals surface area contributed by atoms with Crippen LogP contribution in [-0.2, 0) is 16.6 Å². The van der Waals surface area contributed by atoms with Crippen molar-refractivity contribution in [3.63, 3.8) is 0 Å². The first-order valence-electron chi connectivity index (χ1n) is 5.30. The van der Waals surface area contributed by atoms with Crippen LogP contribution in [-0.4, -0.2) is 30.0 Å². The highest BCUT2D eigenvalue weighted by Crippen LogP contribution is 2.26. The summed E-state index contributed by atoms with van der Waals surface area (Å²) in [6.45, 7) is 0.249. The molecule has 0 fully saturated rings. The van der Waals surface area contributed by atoms with Crippen LogP contribution in [0.2, 0.25) is 5.02 Å². The van der Waals surface area contributed by atoms with Crippen LogP contribution in [0, 0.1) is 0 Å². The maximum absolute atomic E-state index is 12.4. The molecular weight excluding hydrogens is 354 g/mol. The van der Waals surface area contributed by atoms with Gasteiger partial charge in [-0.1, -0.05) is 11.6 Å². The highest BCUT2D eigenvalue weighted by atomic mass is 79.9. The van der Waals surface area contributed by atoms with Gasteiger partial charge in [0.25, 0.3) is 0 Å². The van der Waals surface area contributed by atoms with Crippen LogP contribution >= 0.6 is 27.5 Å². The molecule has 0 aliphatic rings. The molecule has 19 heavy (non-hydrogen) atoms. The molecule has 1 heterocycles. The van der Waals surface area contributed by atoms with Crippen LogP contribution in [0.4, 0.5) is 0 Å². The van der Waals surface area contributed by atoms with E-state index in [0.29, 0.717) is 9.50 Å². The Hall–Kier alpha value is -0.890. The Balaban J connectivity index is 2.28. The van der Waals surface area contributed by atoms with Crippen molar-refractivity contribution in [1.82, 2.24) is 14.5 Å². The van der Waals surface area contributed by atoms with Crippen molar-refractivity contribution in [2.75, 3.05) is 7.05 Å². The average Bonchev–Trinajstić information content (AvgIpc) is 2.85. The Labute approximate surface area is 124 Å². The summed E-state index contributed by atoms with van der Waals surface area (Å²) >= 11 is 9.08. The third-order valence-electron chi connectivity index (χ3n) is 2.56. The van der Waals surface area contributed by atoms with Gasteiger partial charge in [0.2, 0.25) is 10.0 Å². The van der Waals surface area contributed by atoms with E-state index >= 15 is 0 Å². The lowest BCUT2D eigenvalue weighted by atomic mass is 10.4. The molecule has 0 saturated heterocycles. The molecule has 0 atom stereocenters. The van der Waals surface area contributed by atoms with Gasteiger partial charge in [-0.25, -0.2) is 8.42 Å². The van der Waals surface area contributed by atoms with Crippen LogP contribution < -0.4 is 0 Å². The van der Waals surface area contributed by atoms with E-state index in [1.807, 2.05) is 0 Å². The Bertz CT molecular complexity index is 673. The molecule has 0 unspecified atom stereocenters. The summed E-state index contributed by atoms with van der Waals surface area (Å²) in [6.07, 6.45) is 3.24. The largest absolute Gasteiger partial charge is 0.285 e. The molecule has 0 bridgehead atoms. The predicted octanol–water partition coefficient (Wildman–Crippen LogP) is 2.65. The molecule has 5 nitrogen and oxygen atoms in total. The number of halogens is 2. The number of hydrogen-bond donors (Lipinski definition) is 1. The molecule has 2 aromatic rings. The molecule has 1 aromatic carbocycles. The van der Waals surface area contributed by atoms with E-state index in [2.05, 4.69) is 26.1 Å². The number of nitrogens with zero attached hydrogens (tertiary/aromatic N) is 2. The second kappa shape index (κ2) is 5.62. The predicted molar refractivity (Wildman–Crippen MR) is 76.4 cm³/mol. The fourth-order valence-electron chi connectivity index (χ4n) is 1.52. The number of aromatic amines is 1. The summed E-state index contributed by atoms with van der Waals surface area (Å²) < 4.78 is 26.5. The van der Waals surface area contributed by atoms with E-state index in [1.165, 1.54) is 23.5 Å². The van der Waals surface area contributed by atoms with Crippen molar-refractivity contribution >= 4 is 37.6 Å². The molecule has 0 aliphatic heterocycles. The van der Waals surface area contributed by atoms with Gasteiger partial charge in [0, 0.05) is 29.8 Å². The SMILES string of the molecule is CN(Cc1cn[nH]c1)S(=O)(=O)c1ccc(Cl)c(Br)c1. The Morgan fingerprint density at radius 1 is 1.47 bits per heavy atom. The number of aromatic nitrogens is 2. The van der Waals surface area contributed by atoms with Crippen LogP contribution in [0.1, 0.15) is 5.56 Å². The van der Waals surface area contributed by atoms with Gasteiger partial charge in [0.05, 0.1) is 16.1 Å². The van der Waals surface area contributed by atoms with E-state index in [0.717, 1.165) is 5.56 Å². The topological polar surface area (TPSA) is 66.1 Å². The van der Waals surface area contributed by atoms with Crippen molar-refractivity contribution in [3.8, 4) is 0 Å². The minimum Gasteiger partial charge on any atom is -0.285 e. The molecule has 102 valence electrons. The van der Waals surface area contributed by atoms with Crippen molar-refractivity contribution in [2.24, 2.45) is 0 Å². The minimum absolute atomic E-state index is 0.190. The quantitative estimate of drug-likeness (QED) is 0.907. The number of sulfonamides is 1. The van der Waals surface area contributed by atoms with Crippen molar-refractivity contribution in [2.45, 2.75) is 11.4 Å². The third kappa shape index (κ3) is 3.17. The Morgan fingerprint density at radius 3 is 2.79 bits per heavy atom. The maximum Gasteiger partial charge on any atom is 0.243 e. The lowest BCUT2D eigenvalue weighted by molar-refractivity contribution is 0.467. The molecule has 0 radical (unpaired) electrons. The van der Waals surface area contributed by atoms with Crippen LogP contribution in [0.5, 0.6) is 0 Å². The van der Waals surface area contributed by atoms with E-state index in [-0.39, 0.29) is 11.4 Å². The number of rotatable bonds is 4. The lowest BCUT2D eigenvalue weighted by Crippen LogP contribution is -2.26. The number of nitrogens with one attached hydrogen (secondary N) is 1. The minimum atomic E-state index is -3.55. The molecule has 0 amide bonds. The first-order chi connectivity index (χ1) is 8.91. The van der Waals surface area contributed by atoms with Crippen LogP contribution in [0.3, 0.4) is 0 Å². The molecule has 1 N–H and O–H groups in total. The molecule has 1 aromatic heterocycles. The highest BCUT2D eigenvalue weighted by molar-refractivity contribution is 9.10. The smallest absolute Gasteiger partial charge is 0.243 e. The van der Waals surface area contributed by atoms with Gasteiger partial charge < -0.3 is 0 Å². The summed E-state index contributed by atoms with van der Waals surface area (Å²) in [4.78, 5) is 0.190. The van der Waals surface area contributed by atoms with Crippen LogP contribution in [0.15, 0.2) is 40.0 Å². The normalized spacial score (nSPS) is 12.0. The van der Waals surface area contributed by atoms with E-state index < -0.39 is 10.0 Å². The molecule has 0 aliphatic carbocycles. The van der Waals surface area contributed by atoms with E-state index in [4.69, 9.17) is 11.6 Å². The van der Waals surface area contributed by atoms with Gasteiger partial charge in [-0.2, -0.15) is 9.40 Å². The summed E-state index contributed by atoms with van der Waals surface area (Å²) in [6, 6.07) is 4.52. The summed E-state index contributed by atoms with van der Waals surface area (Å²) in [5, 5.41) is 6.90. The van der Waals surface area contributed by atoms with Crippen LogP contribution in [0.25, 0.3) is 0 Å². The van der Waals surface area contributed by atoms with Crippen molar-refractivity contribution in [1.29, 1.82) is 0 Å². The zero-order valence-corrected chi connectivity index (χ0v) is 13.1. The number of benzene rings is 1. The molecule has 0 saturated carbocycles. The third-order valence-corrected chi connectivity index (χ3v) is 5.57. The van der Waals surface area contributed by atoms with E-state index in [1.54, 1.807) is 18.5 Å². The zero-order chi connectivity index (χ0) is 14.0. The molecule has 2 rings (SSSR count). The fourth-order valence-corrected chi connectivity index (χ4v) is 3.36. The van der Waals surface area contributed by atoms with Gasteiger partial charge in [-0.3, -0.25) is 5.10 Å². The van der Waals surface area contributed by atoms with Gasteiger partial charge >= 0.3 is 0 Å². The van der Waals surface area contributed by atoms with Gasteiger partial charge in [-0.15, -0.1) is 0 Å². The number of H-pyrrole nitrogens is 1. The molecule has 0 spiro atoms. The van der Waals surface area contributed by atoms with Gasteiger partial charge in [-0.05, 0) is 34.1 Å². The van der Waals surface area contributed by atoms with Crippen molar-refractivity contribution < 1.29 is 8.42 Å². The first-order valence-corrected chi connectivity index (χ1v) is 7.91. The van der Waals surface area contributed by atoms with Gasteiger partial charge in [0.1, 0.15) is 0 Å². The monoisotopic (exact) mass is 363 g/mol. The average molecular weight is 365 g/mol.